The van der Waals surface area contributed by atoms with Crippen molar-refractivity contribution in [2.24, 2.45) is 0 Å². The summed E-state index contributed by atoms with van der Waals surface area (Å²) in [6, 6.07) is 8.66. The van der Waals surface area contributed by atoms with E-state index in [0.717, 1.165) is 37.5 Å². The highest BCUT2D eigenvalue weighted by Gasteiger charge is 2.14. The third kappa shape index (κ3) is 4.74. The lowest BCUT2D eigenvalue weighted by molar-refractivity contribution is -0.116. The Kier molecular flexibility index (Phi) is 5.56. The highest BCUT2D eigenvalue weighted by atomic mass is 32.1. The van der Waals surface area contributed by atoms with Gasteiger partial charge >= 0.3 is 0 Å². The molecule has 0 bridgehead atoms. The number of aromatic nitrogens is 1. The van der Waals surface area contributed by atoms with Crippen LogP contribution in [0.2, 0.25) is 0 Å². The fourth-order valence-electron chi connectivity index (χ4n) is 2.78. The summed E-state index contributed by atoms with van der Waals surface area (Å²) in [7, 11) is 0. The average molecular weight is 327 g/mol. The molecule has 1 N–H and O–H groups in total. The summed E-state index contributed by atoms with van der Waals surface area (Å²) in [4.78, 5) is 18.3. The van der Waals surface area contributed by atoms with Crippen molar-refractivity contribution < 1.29 is 4.79 Å². The fraction of sp³-hybridized carbons (Fsp3) is 0.333. The predicted octanol–water partition coefficient (Wildman–Crippen LogP) is 2.72. The molecule has 0 saturated heterocycles. The van der Waals surface area contributed by atoms with Crippen molar-refractivity contribution in [3.63, 3.8) is 0 Å². The normalized spacial score (nSPS) is 14.8. The van der Waals surface area contributed by atoms with Crippen LogP contribution in [0.15, 0.2) is 41.9 Å². The molecule has 1 aliphatic rings. The highest BCUT2D eigenvalue weighted by Crippen LogP contribution is 2.18. The molecule has 1 amide bonds. The van der Waals surface area contributed by atoms with E-state index in [1.54, 1.807) is 18.3 Å². The van der Waals surface area contributed by atoms with Crippen molar-refractivity contribution in [2.75, 3.05) is 19.6 Å². The zero-order chi connectivity index (χ0) is 15.9. The van der Waals surface area contributed by atoms with Gasteiger partial charge in [0.05, 0.1) is 0 Å². The van der Waals surface area contributed by atoms with Crippen molar-refractivity contribution in [1.29, 1.82) is 0 Å². The van der Waals surface area contributed by atoms with Gasteiger partial charge in [-0.05, 0) is 30.0 Å². The molecule has 1 aromatic heterocycles. The third-order valence-electron chi connectivity index (χ3n) is 3.99. The number of hydrogen-bond donors (Lipinski definition) is 1. The average Bonchev–Trinajstić information content (AvgIpc) is 3.10. The van der Waals surface area contributed by atoms with Crippen LogP contribution in [0.5, 0.6) is 0 Å². The Hall–Kier alpha value is -1.98. The summed E-state index contributed by atoms with van der Waals surface area (Å²) < 4.78 is 0. The molecule has 0 unspecified atom stereocenters. The number of thiazole rings is 1. The van der Waals surface area contributed by atoms with Gasteiger partial charge in [0.25, 0.3) is 0 Å². The lowest BCUT2D eigenvalue weighted by atomic mass is 10.00. The number of nitrogens with zero attached hydrogens (tertiary/aromatic N) is 2. The Balaban J connectivity index is 1.35. The lowest BCUT2D eigenvalue weighted by Gasteiger charge is -2.28. The number of benzene rings is 1. The Morgan fingerprint density at radius 2 is 2.22 bits per heavy atom. The van der Waals surface area contributed by atoms with Crippen molar-refractivity contribution in [1.82, 2.24) is 15.2 Å². The number of fused-ring (bicyclic) bond motifs is 1. The molecule has 4 nitrogen and oxygen atoms in total. The van der Waals surface area contributed by atoms with Crippen LogP contribution in [-0.4, -0.2) is 35.4 Å². The van der Waals surface area contributed by atoms with Gasteiger partial charge in [-0.1, -0.05) is 24.3 Å². The number of carbonyl (C=O) groups excluding carboxylic acids is 1. The summed E-state index contributed by atoms with van der Waals surface area (Å²) in [6.45, 7) is 3.85. The number of amides is 1. The number of carbonyl (C=O) groups is 1. The van der Waals surface area contributed by atoms with E-state index < -0.39 is 0 Å². The van der Waals surface area contributed by atoms with Gasteiger partial charge in [-0.3, -0.25) is 9.69 Å². The van der Waals surface area contributed by atoms with Gasteiger partial charge in [-0.15, -0.1) is 11.3 Å². The molecule has 0 saturated carbocycles. The van der Waals surface area contributed by atoms with Crippen molar-refractivity contribution in [3.05, 3.63) is 58.1 Å². The van der Waals surface area contributed by atoms with Crippen molar-refractivity contribution in [2.45, 2.75) is 19.4 Å². The highest BCUT2D eigenvalue weighted by molar-refractivity contribution is 7.10. The zero-order valence-electron chi connectivity index (χ0n) is 13.1. The van der Waals surface area contributed by atoms with Crippen LogP contribution in [0.3, 0.4) is 0 Å². The summed E-state index contributed by atoms with van der Waals surface area (Å²) in [6.07, 6.45) is 7.13. The van der Waals surface area contributed by atoms with E-state index in [-0.39, 0.29) is 5.91 Å². The van der Waals surface area contributed by atoms with E-state index in [0.29, 0.717) is 6.54 Å². The smallest absolute Gasteiger partial charge is 0.244 e. The van der Waals surface area contributed by atoms with E-state index in [2.05, 4.69) is 39.5 Å². The van der Waals surface area contributed by atoms with Crippen molar-refractivity contribution in [3.8, 4) is 0 Å². The summed E-state index contributed by atoms with van der Waals surface area (Å²) in [5.74, 6) is -0.0517. The molecule has 5 heteroatoms. The summed E-state index contributed by atoms with van der Waals surface area (Å²) >= 11 is 1.52. The van der Waals surface area contributed by atoms with Gasteiger partial charge in [-0.25, -0.2) is 4.98 Å². The molecule has 1 aromatic carbocycles. The second kappa shape index (κ2) is 8.04. The van der Waals surface area contributed by atoms with Gasteiger partial charge < -0.3 is 5.32 Å². The molecule has 23 heavy (non-hydrogen) atoms. The molecule has 1 aliphatic heterocycles. The molecule has 2 aromatic rings. The molecular weight excluding hydrogens is 306 g/mol. The van der Waals surface area contributed by atoms with Gasteiger partial charge in [-0.2, -0.15) is 0 Å². The van der Waals surface area contributed by atoms with E-state index in [9.17, 15) is 4.79 Å². The zero-order valence-corrected chi connectivity index (χ0v) is 13.9. The minimum absolute atomic E-state index is 0.0517. The first-order valence-corrected chi connectivity index (χ1v) is 8.84. The monoisotopic (exact) mass is 327 g/mol. The van der Waals surface area contributed by atoms with E-state index in [1.807, 2.05) is 5.38 Å². The van der Waals surface area contributed by atoms with Crippen molar-refractivity contribution >= 4 is 23.3 Å². The first-order chi connectivity index (χ1) is 11.3. The van der Waals surface area contributed by atoms with Crippen LogP contribution in [0.25, 0.3) is 6.08 Å². The van der Waals surface area contributed by atoms with E-state index >= 15 is 0 Å². The molecule has 0 fully saturated rings. The quantitative estimate of drug-likeness (QED) is 0.655. The molecule has 0 radical (unpaired) electrons. The van der Waals surface area contributed by atoms with Crippen LogP contribution in [-0.2, 0) is 17.8 Å². The summed E-state index contributed by atoms with van der Waals surface area (Å²) in [5, 5.41) is 5.68. The maximum atomic E-state index is 11.7. The Bertz CT molecular complexity index is 667. The largest absolute Gasteiger partial charge is 0.353 e. The van der Waals surface area contributed by atoms with Gasteiger partial charge in [0.2, 0.25) is 5.91 Å². The van der Waals surface area contributed by atoms with Gasteiger partial charge in [0.15, 0.2) is 0 Å². The Labute approximate surface area is 140 Å². The van der Waals surface area contributed by atoms with E-state index in [1.165, 1.54) is 22.5 Å². The first-order valence-electron chi connectivity index (χ1n) is 7.96. The first kappa shape index (κ1) is 15.9. The Morgan fingerprint density at radius 1 is 1.35 bits per heavy atom. The van der Waals surface area contributed by atoms with Gasteiger partial charge in [0, 0.05) is 43.8 Å². The maximum Gasteiger partial charge on any atom is 0.244 e. The van der Waals surface area contributed by atoms with Crippen LogP contribution in [0, 0.1) is 0 Å². The standard InChI is InChI=1S/C18H21N3OS/c22-17(6-7-18-20-10-13-23-18)19-9-3-11-21-12-8-15-4-1-2-5-16(15)14-21/h1-2,4-7,10,13H,3,8-9,11-12,14H2,(H,19,22)/b7-6+. The SMILES string of the molecule is O=C(/C=C/c1nccs1)NCCCN1CCc2ccccc2C1. The fourth-order valence-corrected chi connectivity index (χ4v) is 3.31. The minimum Gasteiger partial charge on any atom is -0.353 e. The molecule has 0 spiro atoms. The molecule has 3 rings (SSSR count). The molecule has 0 atom stereocenters. The number of rotatable bonds is 6. The second-order valence-electron chi connectivity index (χ2n) is 5.64. The van der Waals surface area contributed by atoms with E-state index in [4.69, 9.17) is 0 Å². The molecule has 120 valence electrons. The van der Waals surface area contributed by atoms with Crippen LogP contribution in [0.1, 0.15) is 22.6 Å². The van der Waals surface area contributed by atoms with Gasteiger partial charge in [0.1, 0.15) is 5.01 Å². The second-order valence-corrected chi connectivity index (χ2v) is 6.57. The maximum absolute atomic E-state index is 11.7. The number of hydrogen-bond acceptors (Lipinski definition) is 4. The molecule has 2 heterocycles. The predicted molar refractivity (Wildman–Crippen MR) is 94.2 cm³/mol. The summed E-state index contributed by atoms with van der Waals surface area (Å²) in [5.41, 5.74) is 2.92. The molecule has 0 aliphatic carbocycles. The number of nitrogens with one attached hydrogen (secondary N) is 1. The third-order valence-corrected chi connectivity index (χ3v) is 4.73. The topological polar surface area (TPSA) is 45.2 Å². The Morgan fingerprint density at radius 3 is 3.04 bits per heavy atom. The molecular formula is C18H21N3OS. The lowest BCUT2D eigenvalue weighted by Crippen LogP contribution is -2.33. The minimum atomic E-state index is -0.0517. The van der Waals surface area contributed by atoms with Crippen LogP contribution in [0.4, 0.5) is 0 Å². The van der Waals surface area contributed by atoms with Crippen LogP contribution >= 0.6 is 11.3 Å². The van der Waals surface area contributed by atoms with Crippen LogP contribution < -0.4 is 5.32 Å².